The van der Waals surface area contributed by atoms with Crippen molar-refractivity contribution in [1.29, 1.82) is 0 Å². The molecule has 0 aliphatic rings. The van der Waals surface area contributed by atoms with Gasteiger partial charge in [0.2, 0.25) is 5.13 Å². The Bertz CT molecular complexity index is 606. The van der Waals surface area contributed by atoms with E-state index in [0.717, 1.165) is 11.8 Å². The molecule has 1 aromatic heterocycles. The fraction of sp³-hybridized carbons (Fsp3) is 0.250. The van der Waals surface area contributed by atoms with E-state index in [-0.39, 0.29) is 11.6 Å². The first-order valence-electron chi connectivity index (χ1n) is 5.82. The van der Waals surface area contributed by atoms with Crippen molar-refractivity contribution in [1.82, 2.24) is 10.2 Å². The molecule has 0 saturated carbocycles. The molecule has 1 heterocycles. The Morgan fingerprint density at radius 1 is 1.45 bits per heavy atom. The maximum absolute atomic E-state index is 13.8. The van der Waals surface area contributed by atoms with E-state index in [2.05, 4.69) is 10.2 Å². The van der Waals surface area contributed by atoms with Gasteiger partial charge in [0.05, 0.1) is 11.4 Å². The summed E-state index contributed by atoms with van der Waals surface area (Å²) in [6.45, 7) is 2.43. The summed E-state index contributed by atoms with van der Waals surface area (Å²) in [5.41, 5.74) is 0.431. The number of nitrogens with zero attached hydrogens (tertiary/aromatic N) is 3. The molecule has 1 aromatic carbocycles. The summed E-state index contributed by atoms with van der Waals surface area (Å²) in [7, 11) is 0. The highest BCUT2D eigenvalue weighted by Crippen LogP contribution is 2.33. The molecule has 0 aliphatic heterocycles. The average Bonchev–Trinajstić information content (AvgIpc) is 2.88. The Morgan fingerprint density at radius 2 is 2.20 bits per heavy atom. The Hall–Kier alpha value is -1.67. The number of carboxylic acids is 1. The molecule has 2 rings (SSSR count). The molecule has 2 aromatic rings. The fourth-order valence-corrected chi connectivity index (χ4v) is 3.21. The first kappa shape index (κ1) is 14.7. The van der Waals surface area contributed by atoms with E-state index in [1.807, 2.05) is 6.92 Å². The molecule has 0 spiro atoms. The summed E-state index contributed by atoms with van der Waals surface area (Å²) >= 11 is 2.35. The van der Waals surface area contributed by atoms with E-state index in [4.69, 9.17) is 5.11 Å². The number of thioether (sulfide) groups is 1. The lowest BCUT2D eigenvalue weighted by molar-refractivity contribution is -0.133. The quantitative estimate of drug-likeness (QED) is 0.827. The second kappa shape index (κ2) is 6.67. The van der Waals surface area contributed by atoms with Gasteiger partial charge in [0.1, 0.15) is 5.82 Å². The topological polar surface area (TPSA) is 66.3 Å². The van der Waals surface area contributed by atoms with Crippen molar-refractivity contribution in [3.63, 3.8) is 0 Å². The van der Waals surface area contributed by atoms with Gasteiger partial charge in [0, 0.05) is 6.54 Å². The molecule has 1 N–H and O–H groups in total. The van der Waals surface area contributed by atoms with Crippen LogP contribution in [0.2, 0.25) is 0 Å². The number of benzene rings is 1. The Balaban J connectivity index is 2.20. The van der Waals surface area contributed by atoms with Crippen molar-refractivity contribution in [2.24, 2.45) is 0 Å². The summed E-state index contributed by atoms with van der Waals surface area (Å²) in [4.78, 5) is 12.2. The fourth-order valence-electron chi connectivity index (χ4n) is 1.57. The summed E-state index contributed by atoms with van der Waals surface area (Å²) in [5.74, 6) is -1.31. The molecule has 5 nitrogen and oxygen atoms in total. The Morgan fingerprint density at radius 3 is 2.85 bits per heavy atom. The minimum absolute atomic E-state index is 0.0690. The van der Waals surface area contributed by atoms with Crippen molar-refractivity contribution in [3.8, 4) is 0 Å². The number of anilines is 2. The first-order valence-corrected chi connectivity index (χ1v) is 7.62. The van der Waals surface area contributed by atoms with Gasteiger partial charge in [-0.15, -0.1) is 10.2 Å². The number of aliphatic carboxylic acids is 1. The third kappa shape index (κ3) is 3.45. The molecular formula is C12H12FN3O2S2. The van der Waals surface area contributed by atoms with Crippen molar-refractivity contribution in [3.05, 3.63) is 30.1 Å². The molecule has 20 heavy (non-hydrogen) atoms. The number of para-hydroxylation sites is 1. The van der Waals surface area contributed by atoms with Gasteiger partial charge < -0.3 is 10.0 Å². The first-order chi connectivity index (χ1) is 9.61. The minimum Gasteiger partial charge on any atom is -0.481 e. The molecule has 106 valence electrons. The van der Waals surface area contributed by atoms with E-state index in [1.165, 1.54) is 17.4 Å². The number of halogens is 1. The molecule has 0 radical (unpaired) electrons. The molecule has 0 aliphatic carbocycles. The third-order valence-electron chi connectivity index (χ3n) is 2.41. The zero-order valence-electron chi connectivity index (χ0n) is 10.6. The average molecular weight is 313 g/mol. The van der Waals surface area contributed by atoms with Crippen molar-refractivity contribution >= 4 is 39.9 Å². The van der Waals surface area contributed by atoms with E-state index >= 15 is 0 Å². The van der Waals surface area contributed by atoms with E-state index in [1.54, 1.807) is 23.1 Å². The maximum atomic E-state index is 13.8. The van der Waals surface area contributed by atoms with Crippen LogP contribution >= 0.6 is 23.1 Å². The van der Waals surface area contributed by atoms with Crippen LogP contribution in [0.15, 0.2) is 28.6 Å². The van der Waals surface area contributed by atoms with Crippen molar-refractivity contribution in [2.75, 3.05) is 17.2 Å². The van der Waals surface area contributed by atoms with E-state index in [0.29, 0.717) is 21.7 Å². The molecule has 0 atom stereocenters. The number of carbonyl (C=O) groups is 1. The van der Waals surface area contributed by atoms with Gasteiger partial charge in [-0.05, 0) is 19.1 Å². The van der Waals surface area contributed by atoms with Crippen LogP contribution in [0.1, 0.15) is 6.92 Å². The molecule has 0 amide bonds. The van der Waals surface area contributed by atoms with Crippen molar-refractivity contribution < 1.29 is 14.3 Å². The van der Waals surface area contributed by atoms with Gasteiger partial charge in [0.25, 0.3) is 0 Å². The molecule has 0 fully saturated rings. The summed E-state index contributed by atoms with van der Waals surface area (Å²) < 4.78 is 14.4. The van der Waals surface area contributed by atoms with Gasteiger partial charge >= 0.3 is 5.97 Å². The zero-order chi connectivity index (χ0) is 14.5. The summed E-state index contributed by atoms with van der Waals surface area (Å²) in [6, 6.07) is 6.44. The number of aromatic nitrogens is 2. The highest BCUT2D eigenvalue weighted by Gasteiger charge is 2.16. The van der Waals surface area contributed by atoms with Gasteiger partial charge in [0.15, 0.2) is 4.34 Å². The highest BCUT2D eigenvalue weighted by molar-refractivity contribution is 8.01. The van der Waals surface area contributed by atoms with Crippen LogP contribution in [-0.4, -0.2) is 33.6 Å². The largest absolute Gasteiger partial charge is 0.481 e. The molecule has 0 unspecified atom stereocenters. The molecule has 8 heteroatoms. The van der Waals surface area contributed by atoms with Gasteiger partial charge in [-0.25, -0.2) is 4.39 Å². The van der Waals surface area contributed by atoms with Crippen LogP contribution in [0.3, 0.4) is 0 Å². The highest BCUT2D eigenvalue weighted by atomic mass is 32.2. The van der Waals surface area contributed by atoms with Gasteiger partial charge in [-0.1, -0.05) is 35.2 Å². The number of carboxylic acid groups (broad SMARTS) is 1. The molecule has 0 bridgehead atoms. The van der Waals surface area contributed by atoms with Crippen LogP contribution in [0.5, 0.6) is 0 Å². The standard InChI is InChI=1S/C12H12FN3O2S2/c1-2-16(9-6-4-3-5-8(9)13)11-14-15-12(20-11)19-7-10(17)18/h3-6H,2,7H2,1H3,(H,17,18). The lowest BCUT2D eigenvalue weighted by Crippen LogP contribution is -2.17. The lowest BCUT2D eigenvalue weighted by Gasteiger charge is -2.19. The normalized spacial score (nSPS) is 10.5. The smallest absolute Gasteiger partial charge is 0.313 e. The SMILES string of the molecule is CCN(c1nnc(SCC(=O)O)s1)c1ccccc1F. The Kier molecular flexibility index (Phi) is 4.91. The predicted molar refractivity (Wildman–Crippen MR) is 77.3 cm³/mol. The monoisotopic (exact) mass is 313 g/mol. The van der Waals surface area contributed by atoms with Crippen LogP contribution in [0.4, 0.5) is 15.2 Å². The Labute approximate surface area is 123 Å². The minimum atomic E-state index is -0.909. The number of hydrogen-bond donors (Lipinski definition) is 1. The van der Waals surface area contributed by atoms with Crippen LogP contribution in [-0.2, 0) is 4.79 Å². The summed E-state index contributed by atoms with van der Waals surface area (Å²) in [6.07, 6.45) is 0. The zero-order valence-corrected chi connectivity index (χ0v) is 12.2. The second-order valence-electron chi connectivity index (χ2n) is 3.73. The van der Waals surface area contributed by atoms with Gasteiger partial charge in [-0.2, -0.15) is 0 Å². The second-order valence-corrected chi connectivity index (χ2v) is 5.91. The lowest BCUT2D eigenvalue weighted by atomic mass is 10.3. The van der Waals surface area contributed by atoms with E-state index < -0.39 is 5.97 Å². The number of rotatable bonds is 6. The van der Waals surface area contributed by atoms with Crippen LogP contribution < -0.4 is 4.90 Å². The van der Waals surface area contributed by atoms with Crippen molar-refractivity contribution in [2.45, 2.75) is 11.3 Å². The van der Waals surface area contributed by atoms with E-state index in [9.17, 15) is 9.18 Å². The molecule has 0 saturated heterocycles. The van der Waals surface area contributed by atoms with Gasteiger partial charge in [-0.3, -0.25) is 4.79 Å². The third-order valence-corrected chi connectivity index (χ3v) is 4.47. The summed E-state index contributed by atoms with van der Waals surface area (Å²) in [5, 5.41) is 17.1. The molecular weight excluding hydrogens is 301 g/mol. The maximum Gasteiger partial charge on any atom is 0.313 e. The number of hydrogen-bond acceptors (Lipinski definition) is 6. The van der Waals surface area contributed by atoms with Crippen LogP contribution in [0.25, 0.3) is 0 Å². The van der Waals surface area contributed by atoms with Crippen LogP contribution in [0, 0.1) is 5.82 Å². The predicted octanol–water partition coefficient (Wildman–Crippen LogP) is 3.01.